The standard InChI is InChI=1S/C16H23NO2/c1-3-5-8-12-19-15-13-9-6-7-10-14(13)17(11-4-2)16(15)18/h4,6-7,10,13,15H,2-3,5,8-9,11-12H2,1H3. The van der Waals surface area contributed by atoms with Gasteiger partial charge in [0.05, 0.1) is 0 Å². The maximum absolute atomic E-state index is 12.4. The van der Waals surface area contributed by atoms with Crippen LogP contribution >= 0.6 is 0 Å². The van der Waals surface area contributed by atoms with Crippen LogP contribution in [0.3, 0.4) is 0 Å². The van der Waals surface area contributed by atoms with E-state index < -0.39 is 0 Å². The van der Waals surface area contributed by atoms with Gasteiger partial charge in [0.15, 0.2) is 0 Å². The fourth-order valence-electron chi connectivity index (χ4n) is 2.73. The van der Waals surface area contributed by atoms with Crippen LogP contribution in [0.2, 0.25) is 0 Å². The summed E-state index contributed by atoms with van der Waals surface area (Å²) >= 11 is 0. The van der Waals surface area contributed by atoms with E-state index in [1.165, 1.54) is 6.42 Å². The van der Waals surface area contributed by atoms with Crippen molar-refractivity contribution in [2.45, 2.75) is 38.7 Å². The Labute approximate surface area is 115 Å². The summed E-state index contributed by atoms with van der Waals surface area (Å²) in [6.07, 6.45) is 11.9. The SMILES string of the molecule is C=CCN1C(=O)C(OCCCCC)C2CC=CC=C21. The van der Waals surface area contributed by atoms with E-state index in [2.05, 4.69) is 19.6 Å². The quantitative estimate of drug-likeness (QED) is 0.521. The first-order valence-corrected chi connectivity index (χ1v) is 7.20. The van der Waals surface area contributed by atoms with Gasteiger partial charge in [0.2, 0.25) is 0 Å². The van der Waals surface area contributed by atoms with E-state index in [0.29, 0.717) is 13.2 Å². The lowest BCUT2D eigenvalue weighted by atomic mass is 9.94. The Hall–Kier alpha value is -1.35. The molecule has 1 aliphatic heterocycles. The molecule has 0 spiro atoms. The number of amides is 1. The van der Waals surface area contributed by atoms with Crippen LogP contribution in [0.25, 0.3) is 0 Å². The number of rotatable bonds is 7. The summed E-state index contributed by atoms with van der Waals surface area (Å²) in [5, 5.41) is 0. The molecule has 104 valence electrons. The van der Waals surface area contributed by atoms with Crippen molar-refractivity contribution in [3.63, 3.8) is 0 Å². The highest BCUT2D eigenvalue weighted by Gasteiger charge is 2.44. The van der Waals surface area contributed by atoms with Gasteiger partial charge in [0.1, 0.15) is 6.10 Å². The number of ether oxygens (including phenoxy) is 1. The van der Waals surface area contributed by atoms with Gasteiger partial charge in [-0.25, -0.2) is 0 Å². The molecule has 0 bridgehead atoms. The summed E-state index contributed by atoms with van der Waals surface area (Å²) in [5.41, 5.74) is 1.09. The number of fused-ring (bicyclic) bond motifs is 1. The molecule has 0 aromatic carbocycles. The molecule has 2 rings (SSSR count). The molecule has 1 saturated heterocycles. The number of hydrogen-bond donors (Lipinski definition) is 0. The van der Waals surface area contributed by atoms with E-state index >= 15 is 0 Å². The second kappa shape index (κ2) is 6.71. The third-order valence-corrected chi connectivity index (χ3v) is 3.72. The van der Waals surface area contributed by atoms with Crippen LogP contribution in [0.15, 0.2) is 36.6 Å². The first kappa shape index (κ1) is 14.1. The molecule has 0 radical (unpaired) electrons. The Kier molecular flexibility index (Phi) is 4.97. The van der Waals surface area contributed by atoms with Crippen molar-refractivity contribution >= 4 is 5.91 Å². The molecule has 0 aromatic rings. The molecule has 1 amide bonds. The van der Waals surface area contributed by atoms with Crippen molar-refractivity contribution in [2.75, 3.05) is 13.2 Å². The molecule has 0 aromatic heterocycles. The summed E-state index contributed by atoms with van der Waals surface area (Å²) < 4.78 is 5.86. The molecule has 3 nitrogen and oxygen atoms in total. The molecule has 2 atom stereocenters. The highest BCUT2D eigenvalue weighted by atomic mass is 16.5. The molecule has 0 N–H and O–H groups in total. The monoisotopic (exact) mass is 261 g/mol. The molecule has 1 heterocycles. The summed E-state index contributed by atoms with van der Waals surface area (Å²) in [6.45, 7) is 7.15. The third kappa shape index (κ3) is 2.98. The van der Waals surface area contributed by atoms with Crippen molar-refractivity contribution in [3.8, 4) is 0 Å². The van der Waals surface area contributed by atoms with Crippen molar-refractivity contribution in [3.05, 3.63) is 36.6 Å². The smallest absolute Gasteiger partial charge is 0.256 e. The van der Waals surface area contributed by atoms with Crippen molar-refractivity contribution < 1.29 is 9.53 Å². The molecule has 1 aliphatic carbocycles. The Morgan fingerprint density at radius 1 is 1.53 bits per heavy atom. The highest BCUT2D eigenvalue weighted by molar-refractivity contribution is 5.87. The number of likely N-dealkylation sites (tertiary alicyclic amines) is 1. The Balaban J connectivity index is 2.03. The minimum atomic E-state index is -0.298. The fourth-order valence-corrected chi connectivity index (χ4v) is 2.73. The van der Waals surface area contributed by atoms with Gasteiger partial charge in [-0.3, -0.25) is 4.79 Å². The van der Waals surface area contributed by atoms with Crippen LogP contribution in [0, 0.1) is 5.92 Å². The molecule has 1 fully saturated rings. The molecular formula is C16H23NO2. The van der Waals surface area contributed by atoms with E-state index in [9.17, 15) is 4.79 Å². The van der Waals surface area contributed by atoms with Crippen LogP contribution in [-0.2, 0) is 9.53 Å². The topological polar surface area (TPSA) is 29.5 Å². The second-order valence-corrected chi connectivity index (χ2v) is 5.10. The number of carbonyl (C=O) groups is 1. The molecular weight excluding hydrogens is 238 g/mol. The number of unbranched alkanes of at least 4 members (excludes halogenated alkanes) is 2. The molecule has 0 saturated carbocycles. The number of nitrogens with zero attached hydrogens (tertiary/aromatic N) is 1. The minimum Gasteiger partial charge on any atom is -0.368 e. The first-order valence-electron chi connectivity index (χ1n) is 7.20. The Morgan fingerprint density at radius 3 is 3.11 bits per heavy atom. The zero-order valence-corrected chi connectivity index (χ0v) is 11.7. The zero-order valence-electron chi connectivity index (χ0n) is 11.7. The van der Waals surface area contributed by atoms with Crippen LogP contribution < -0.4 is 0 Å². The maximum atomic E-state index is 12.4. The van der Waals surface area contributed by atoms with Gasteiger partial charge in [-0.15, -0.1) is 6.58 Å². The summed E-state index contributed by atoms with van der Waals surface area (Å²) in [7, 11) is 0. The van der Waals surface area contributed by atoms with Crippen molar-refractivity contribution in [1.29, 1.82) is 0 Å². The van der Waals surface area contributed by atoms with Crippen molar-refractivity contribution in [1.82, 2.24) is 4.90 Å². The summed E-state index contributed by atoms with van der Waals surface area (Å²) in [5.74, 6) is 0.287. The molecule has 2 aliphatic rings. The third-order valence-electron chi connectivity index (χ3n) is 3.72. The van der Waals surface area contributed by atoms with E-state index in [1.54, 1.807) is 6.08 Å². The van der Waals surface area contributed by atoms with Gasteiger partial charge >= 0.3 is 0 Å². The van der Waals surface area contributed by atoms with E-state index in [1.807, 2.05) is 17.1 Å². The van der Waals surface area contributed by atoms with Gasteiger partial charge in [0.25, 0.3) is 5.91 Å². The zero-order chi connectivity index (χ0) is 13.7. The van der Waals surface area contributed by atoms with E-state index in [0.717, 1.165) is 25.0 Å². The molecule has 19 heavy (non-hydrogen) atoms. The number of allylic oxidation sites excluding steroid dienone is 3. The van der Waals surface area contributed by atoms with Gasteiger partial charge in [-0.05, 0) is 18.9 Å². The van der Waals surface area contributed by atoms with E-state index in [-0.39, 0.29) is 17.9 Å². The predicted octanol–water partition coefficient (Wildman–Crippen LogP) is 3.05. The largest absolute Gasteiger partial charge is 0.368 e. The highest BCUT2D eigenvalue weighted by Crippen LogP contribution is 2.36. The van der Waals surface area contributed by atoms with Crippen LogP contribution in [0.1, 0.15) is 32.6 Å². The van der Waals surface area contributed by atoms with Gasteiger partial charge in [-0.1, -0.05) is 38.0 Å². The lowest BCUT2D eigenvalue weighted by Gasteiger charge is -2.20. The predicted molar refractivity (Wildman–Crippen MR) is 76.5 cm³/mol. The number of carbonyl (C=O) groups excluding carboxylic acids is 1. The normalized spacial score (nSPS) is 25.4. The molecule has 2 unspecified atom stereocenters. The molecule has 3 heteroatoms. The number of hydrogen-bond acceptors (Lipinski definition) is 2. The average Bonchev–Trinajstić information content (AvgIpc) is 2.69. The summed E-state index contributed by atoms with van der Waals surface area (Å²) in [6, 6.07) is 0. The second-order valence-electron chi connectivity index (χ2n) is 5.10. The minimum absolute atomic E-state index is 0.0938. The van der Waals surface area contributed by atoms with Crippen LogP contribution in [-0.4, -0.2) is 30.1 Å². The van der Waals surface area contributed by atoms with Gasteiger partial charge in [0, 0.05) is 24.8 Å². The maximum Gasteiger partial charge on any atom is 0.256 e. The first-order chi connectivity index (χ1) is 9.29. The van der Waals surface area contributed by atoms with Gasteiger partial charge < -0.3 is 9.64 Å². The van der Waals surface area contributed by atoms with Gasteiger partial charge in [-0.2, -0.15) is 0 Å². The summed E-state index contributed by atoms with van der Waals surface area (Å²) in [4.78, 5) is 14.2. The Morgan fingerprint density at radius 2 is 2.37 bits per heavy atom. The lowest BCUT2D eigenvalue weighted by Crippen LogP contribution is -2.31. The van der Waals surface area contributed by atoms with Crippen LogP contribution in [0.4, 0.5) is 0 Å². The Bertz CT molecular complexity index is 398. The van der Waals surface area contributed by atoms with Crippen molar-refractivity contribution in [2.24, 2.45) is 5.92 Å². The van der Waals surface area contributed by atoms with E-state index in [4.69, 9.17) is 4.74 Å². The average molecular weight is 261 g/mol. The lowest BCUT2D eigenvalue weighted by molar-refractivity contribution is -0.137. The van der Waals surface area contributed by atoms with Crippen LogP contribution in [0.5, 0.6) is 0 Å². The fraction of sp³-hybridized carbons (Fsp3) is 0.562.